The molecule has 0 radical (unpaired) electrons. The van der Waals surface area contributed by atoms with E-state index in [2.05, 4.69) is 18.0 Å². The van der Waals surface area contributed by atoms with Gasteiger partial charge in [0, 0.05) is 12.8 Å². The van der Waals surface area contributed by atoms with Gasteiger partial charge in [-0.2, -0.15) is 5.26 Å². The summed E-state index contributed by atoms with van der Waals surface area (Å²) in [5, 5.41) is 10.9. The molecule has 3 nitrogen and oxygen atoms in total. The molecule has 0 bridgehead atoms. The van der Waals surface area contributed by atoms with Crippen LogP contribution < -0.4 is 0 Å². The number of nitrogens with zero attached hydrogens (tertiary/aromatic N) is 3. The molecule has 1 saturated carbocycles. The van der Waals surface area contributed by atoms with Crippen LogP contribution in [0.4, 0.5) is 5.00 Å². The van der Waals surface area contributed by atoms with Gasteiger partial charge in [-0.3, -0.25) is 0 Å². The van der Waals surface area contributed by atoms with Crippen LogP contribution in [-0.2, 0) is 0 Å². The third-order valence-electron chi connectivity index (χ3n) is 3.91. The Morgan fingerprint density at radius 2 is 2.17 bits per heavy atom. The fraction of sp³-hybridized carbons (Fsp3) is 0.538. The number of amidine groups is 1. The van der Waals surface area contributed by atoms with Crippen LogP contribution in [-0.4, -0.2) is 28.4 Å². The summed E-state index contributed by atoms with van der Waals surface area (Å²) in [4.78, 5) is 7.80. The molecule has 1 aliphatic carbocycles. The van der Waals surface area contributed by atoms with Crippen molar-refractivity contribution in [2.24, 2.45) is 4.99 Å². The molecule has 2 heterocycles. The largest absolute Gasteiger partial charge is 0.348 e. The van der Waals surface area contributed by atoms with E-state index in [-0.39, 0.29) is 0 Å². The average molecular weight is 277 g/mol. The highest BCUT2D eigenvalue weighted by Gasteiger charge is 2.44. The molecule has 0 atom stereocenters. The van der Waals surface area contributed by atoms with Gasteiger partial charge < -0.3 is 4.90 Å². The number of rotatable bonds is 1. The van der Waals surface area contributed by atoms with Crippen LogP contribution in [0.2, 0.25) is 0 Å². The monoisotopic (exact) mass is 277 g/mol. The van der Waals surface area contributed by atoms with E-state index in [1.807, 2.05) is 23.9 Å². The van der Waals surface area contributed by atoms with Gasteiger partial charge in [-0.25, -0.2) is 4.99 Å². The van der Waals surface area contributed by atoms with Crippen LogP contribution in [0.1, 0.15) is 30.6 Å². The van der Waals surface area contributed by atoms with Gasteiger partial charge in [0.25, 0.3) is 0 Å². The van der Waals surface area contributed by atoms with Gasteiger partial charge in [-0.05, 0) is 25.0 Å². The smallest absolute Gasteiger partial charge is 0.165 e. The van der Waals surface area contributed by atoms with Crippen molar-refractivity contribution in [1.29, 1.82) is 5.26 Å². The number of hydrogen-bond acceptors (Lipinski definition) is 4. The molecule has 1 spiro atoms. The van der Waals surface area contributed by atoms with E-state index in [1.54, 1.807) is 0 Å². The Labute approximate surface area is 116 Å². The summed E-state index contributed by atoms with van der Waals surface area (Å²) >= 11 is 3.32. The molecule has 1 aromatic heterocycles. The zero-order valence-electron chi connectivity index (χ0n) is 10.3. The highest BCUT2D eigenvalue weighted by molar-refractivity contribution is 8.14. The molecule has 1 aromatic rings. The molecule has 0 unspecified atom stereocenters. The van der Waals surface area contributed by atoms with Crippen molar-refractivity contribution in [2.75, 3.05) is 12.8 Å². The van der Waals surface area contributed by atoms with E-state index < -0.39 is 0 Å². The van der Waals surface area contributed by atoms with Crippen molar-refractivity contribution in [3.8, 4) is 6.07 Å². The second kappa shape index (κ2) is 4.60. The molecule has 1 saturated heterocycles. The molecule has 1 aliphatic heterocycles. The van der Waals surface area contributed by atoms with Gasteiger partial charge in [-0.1, -0.05) is 24.6 Å². The Bertz CT molecular complexity index is 521. The Morgan fingerprint density at radius 1 is 1.39 bits per heavy atom. The molecule has 94 valence electrons. The predicted molar refractivity (Wildman–Crippen MR) is 77.5 cm³/mol. The van der Waals surface area contributed by atoms with Gasteiger partial charge in [0.15, 0.2) is 5.17 Å². The van der Waals surface area contributed by atoms with Crippen molar-refractivity contribution in [3.05, 3.63) is 17.0 Å². The molecule has 3 rings (SSSR count). The van der Waals surface area contributed by atoms with Gasteiger partial charge in [0.1, 0.15) is 15.9 Å². The van der Waals surface area contributed by atoms with E-state index in [0.29, 0.717) is 5.54 Å². The summed E-state index contributed by atoms with van der Waals surface area (Å²) in [5.41, 5.74) is 0.360. The minimum atomic E-state index is 0.360. The van der Waals surface area contributed by atoms with E-state index in [9.17, 15) is 0 Å². The van der Waals surface area contributed by atoms with E-state index in [1.165, 1.54) is 42.8 Å². The standard InChI is InChI=1S/C13H15N3S2/c1-16-12(15-11-5-4-10(8-14)18-11)17-9-13(16)6-2-3-7-13/h4-5H,2-3,6-7,9H2,1H3. The topological polar surface area (TPSA) is 39.4 Å². The maximum absolute atomic E-state index is 8.83. The van der Waals surface area contributed by atoms with Crippen LogP contribution in [0.15, 0.2) is 17.1 Å². The van der Waals surface area contributed by atoms with Crippen molar-refractivity contribution >= 4 is 33.3 Å². The summed E-state index contributed by atoms with van der Waals surface area (Å²) in [6, 6.07) is 5.94. The quantitative estimate of drug-likeness (QED) is 0.787. The van der Waals surface area contributed by atoms with Crippen molar-refractivity contribution in [3.63, 3.8) is 0 Å². The first-order valence-corrected chi connectivity index (χ1v) is 7.99. The molecule has 5 heteroatoms. The Hall–Kier alpha value is -0.990. The minimum Gasteiger partial charge on any atom is -0.348 e. The Kier molecular flexibility index (Phi) is 3.08. The highest BCUT2D eigenvalue weighted by Crippen LogP contribution is 2.44. The molecular formula is C13H15N3S2. The number of aliphatic imine (C=N–C) groups is 1. The van der Waals surface area contributed by atoms with Crippen LogP contribution in [0, 0.1) is 11.3 Å². The maximum atomic E-state index is 8.83. The normalized spacial score (nSPS) is 24.0. The maximum Gasteiger partial charge on any atom is 0.165 e. The van der Waals surface area contributed by atoms with Gasteiger partial charge in [-0.15, -0.1) is 11.3 Å². The lowest BCUT2D eigenvalue weighted by atomic mass is 9.99. The zero-order chi connectivity index (χ0) is 12.6. The Morgan fingerprint density at radius 3 is 2.83 bits per heavy atom. The minimum absolute atomic E-state index is 0.360. The third kappa shape index (κ3) is 1.94. The van der Waals surface area contributed by atoms with Crippen LogP contribution in [0.25, 0.3) is 0 Å². The fourth-order valence-electron chi connectivity index (χ4n) is 2.76. The first-order valence-electron chi connectivity index (χ1n) is 6.19. The lowest BCUT2D eigenvalue weighted by Gasteiger charge is -2.31. The molecule has 2 aliphatic rings. The Balaban J connectivity index is 1.83. The molecule has 0 N–H and O–H groups in total. The summed E-state index contributed by atoms with van der Waals surface area (Å²) in [7, 11) is 2.17. The number of thiophene rings is 1. The number of thioether (sulfide) groups is 1. The lowest BCUT2D eigenvalue weighted by molar-refractivity contribution is 0.256. The summed E-state index contributed by atoms with van der Waals surface area (Å²) in [6.07, 6.45) is 5.28. The van der Waals surface area contributed by atoms with Crippen LogP contribution in [0.5, 0.6) is 0 Å². The van der Waals surface area contributed by atoms with Crippen molar-refractivity contribution in [1.82, 2.24) is 4.90 Å². The third-order valence-corrected chi connectivity index (χ3v) is 6.10. The van der Waals surface area contributed by atoms with E-state index in [0.717, 1.165) is 15.0 Å². The predicted octanol–water partition coefficient (Wildman–Crippen LogP) is 3.60. The molecular weight excluding hydrogens is 262 g/mol. The lowest BCUT2D eigenvalue weighted by Crippen LogP contribution is -2.42. The molecule has 18 heavy (non-hydrogen) atoms. The zero-order valence-corrected chi connectivity index (χ0v) is 12.0. The number of nitriles is 1. The highest BCUT2D eigenvalue weighted by atomic mass is 32.2. The van der Waals surface area contributed by atoms with Crippen LogP contribution in [0.3, 0.4) is 0 Å². The van der Waals surface area contributed by atoms with Crippen LogP contribution >= 0.6 is 23.1 Å². The van der Waals surface area contributed by atoms with Gasteiger partial charge in [0.05, 0.1) is 5.54 Å². The first kappa shape index (κ1) is 12.1. The molecule has 0 aromatic carbocycles. The molecule has 2 fully saturated rings. The van der Waals surface area contributed by atoms with Gasteiger partial charge in [0.2, 0.25) is 0 Å². The fourth-order valence-corrected chi connectivity index (χ4v) is 4.92. The second-order valence-electron chi connectivity index (χ2n) is 4.92. The first-order chi connectivity index (χ1) is 8.73. The second-order valence-corrected chi connectivity index (χ2v) is 6.93. The average Bonchev–Trinajstić information content (AvgIpc) is 3.08. The number of hydrogen-bond donors (Lipinski definition) is 0. The van der Waals surface area contributed by atoms with E-state index >= 15 is 0 Å². The molecule has 0 amide bonds. The SMILES string of the molecule is CN1C(=Nc2ccc(C#N)s2)SCC12CCCC2. The summed E-state index contributed by atoms with van der Waals surface area (Å²) in [5.74, 6) is 1.17. The van der Waals surface area contributed by atoms with Crippen molar-refractivity contribution in [2.45, 2.75) is 31.2 Å². The van der Waals surface area contributed by atoms with Gasteiger partial charge >= 0.3 is 0 Å². The summed E-state index contributed by atoms with van der Waals surface area (Å²) < 4.78 is 0. The van der Waals surface area contributed by atoms with E-state index in [4.69, 9.17) is 10.3 Å². The van der Waals surface area contributed by atoms with Crippen molar-refractivity contribution < 1.29 is 0 Å². The summed E-state index contributed by atoms with van der Waals surface area (Å²) in [6.45, 7) is 0.